The van der Waals surface area contributed by atoms with E-state index in [9.17, 15) is 14.4 Å². The number of rotatable bonds is 12. The molecule has 3 unspecified atom stereocenters. The first-order valence-electron chi connectivity index (χ1n) is 6.52. The summed E-state index contributed by atoms with van der Waals surface area (Å²) in [6.45, 7) is 3.92. The summed E-state index contributed by atoms with van der Waals surface area (Å²) in [6.07, 6.45) is 0. The van der Waals surface area contributed by atoms with E-state index in [1.807, 2.05) is 0 Å². The fraction of sp³-hybridized carbons (Fsp3) is 0.750. The molecule has 0 fully saturated rings. The summed E-state index contributed by atoms with van der Waals surface area (Å²) in [4.78, 5) is 32.2. The van der Waals surface area contributed by atoms with Gasteiger partial charge in [-0.15, -0.1) is 0 Å². The summed E-state index contributed by atoms with van der Waals surface area (Å²) in [7, 11) is 0. The first-order valence-corrected chi connectivity index (χ1v) is 9.65. The minimum absolute atomic E-state index is 0.138. The number of carboxylic acid groups (broad SMARTS) is 3. The van der Waals surface area contributed by atoms with Gasteiger partial charge in [-0.05, 0) is 0 Å². The third-order valence-electron chi connectivity index (χ3n) is 2.55. The van der Waals surface area contributed by atoms with Gasteiger partial charge < -0.3 is 0 Å². The Hall–Kier alpha value is -0.892. The van der Waals surface area contributed by atoms with Crippen LogP contribution in [-0.4, -0.2) is 74.5 Å². The van der Waals surface area contributed by atoms with Gasteiger partial charge in [-0.1, -0.05) is 0 Å². The van der Waals surface area contributed by atoms with E-state index in [0.29, 0.717) is 0 Å². The average molecular weight is 431 g/mol. The van der Waals surface area contributed by atoms with Crippen molar-refractivity contribution < 1.29 is 38.7 Å². The molecule has 9 nitrogen and oxygen atoms in total. The van der Waals surface area contributed by atoms with Crippen molar-refractivity contribution in [2.24, 2.45) is 17.8 Å². The van der Waals surface area contributed by atoms with Gasteiger partial charge in [-0.2, -0.15) is 0 Å². The van der Waals surface area contributed by atoms with Crippen LogP contribution < -0.4 is 0 Å². The second-order valence-corrected chi connectivity index (χ2v) is 8.32. The molecule has 0 heterocycles. The van der Waals surface area contributed by atoms with Crippen molar-refractivity contribution in [3.8, 4) is 0 Å². The van der Waals surface area contributed by atoms with Gasteiger partial charge in [0.25, 0.3) is 0 Å². The molecule has 3 N–H and O–H groups in total. The molecule has 0 aliphatic rings. The number of hydrogen-bond donors (Lipinski definition) is 3. The molecule has 0 aromatic heterocycles. The zero-order valence-electron chi connectivity index (χ0n) is 12.6. The number of aliphatic carboxylic acids is 3. The second-order valence-electron chi connectivity index (χ2n) is 4.83. The van der Waals surface area contributed by atoms with Crippen LogP contribution in [0.3, 0.4) is 0 Å². The maximum atomic E-state index is 10.7. The molecule has 0 saturated carbocycles. The van der Waals surface area contributed by atoms with E-state index in [1.54, 1.807) is 0 Å². The quantitative estimate of drug-likeness (QED) is 0.370. The van der Waals surface area contributed by atoms with Crippen LogP contribution in [0.4, 0.5) is 0 Å². The predicted octanol–water partition coefficient (Wildman–Crippen LogP) is 0.183. The predicted molar refractivity (Wildman–Crippen MR) is 74.0 cm³/mol. The Labute approximate surface area is 136 Å². The average Bonchev–Trinajstić information content (AvgIpc) is 2.44. The Bertz CT molecular complexity index is 330. The summed E-state index contributed by atoms with van der Waals surface area (Å²) >= 11 is -3.29. The van der Waals surface area contributed by atoms with Crippen LogP contribution >= 0.6 is 0 Å². The maximum absolute atomic E-state index is 10.7. The Morgan fingerprint density at radius 1 is 0.727 bits per heavy atom. The van der Waals surface area contributed by atoms with Crippen molar-refractivity contribution in [3.05, 3.63) is 0 Å². The fourth-order valence-corrected chi connectivity index (χ4v) is 4.44. The Morgan fingerprint density at radius 2 is 0.955 bits per heavy atom. The van der Waals surface area contributed by atoms with Crippen molar-refractivity contribution >= 4 is 39.4 Å². The van der Waals surface area contributed by atoms with Gasteiger partial charge in [0.1, 0.15) is 0 Å². The first-order chi connectivity index (χ1) is 10.1. The molecule has 22 heavy (non-hydrogen) atoms. The van der Waals surface area contributed by atoms with Crippen LogP contribution in [0.5, 0.6) is 0 Å². The number of hydrogen-bond acceptors (Lipinski definition) is 6. The van der Waals surface area contributed by atoms with Crippen molar-refractivity contribution in [2.75, 3.05) is 19.8 Å². The molecule has 10 heteroatoms. The molecule has 0 radical (unpaired) electrons. The molecule has 0 aromatic carbocycles. The van der Waals surface area contributed by atoms with Crippen LogP contribution in [0.25, 0.3) is 0 Å². The fourth-order valence-electron chi connectivity index (χ4n) is 0.844. The minimum atomic E-state index is -3.29. The van der Waals surface area contributed by atoms with Crippen LogP contribution in [0.1, 0.15) is 20.8 Å². The van der Waals surface area contributed by atoms with E-state index in [-0.39, 0.29) is 19.8 Å². The third kappa shape index (κ3) is 9.19. The van der Waals surface area contributed by atoms with Gasteiger partial charge in [0, 0.05) is 0 Å². The SMILES string of the molecule is CC(C[O][Sb]([O]CC(C)C(=O)O)[O]CC(C)C(=O)O)C(=O)O. The Morgan fingerprint density at radius 3 is 1.14 bits per heavy atom. The molecular formula is C12H21O9Sb. The molecule has 0 aliphatic heterocycles. The molecule has 0 aromatic rings. The zero-order chi connectivity index (χ0) is 17.3. The number of carbonyl (C=O) groups is 3. The second kappa shape index (κ2) is 10.8. The molecule has 0 saturated heterocycles. The molecule has 0 aliphatic carbocycles. The summed E-state index contributed by atoms with van der Waals surface area (Å²) < 4.78 is 15.9. The molecule has 0 bridgehead atoms. The summed E-state index contributed by atoms with van der Waals surface area (Å²) in [6, 6.07) is 0. The van der Waals surface area contributed by atoms with E-state index >= 15 is 0 Å². The van der Waals surface area contributed by atoms with Gasteiger partial charge in [0.05, 0.1) is 0 Å². The van der Waals surface area contributed by atoms with Gasteiger partial charge in [-0.3, -0.25) is 0 Å². The topological polar surface area (TPSA) is 140 Å². The van der Waals surface area contributed by atoms with E-state index in [4.69, 9.17) is 24.4 Å². The standard InChI is InChI=1S/3C4H7O3.Sb/c3*1-3(2-5)4(6)7;/h3*3H,2H2,1H3,(H,6,7);/q3*-1;+3. The Kier molecular flexibility index (Phi) is 10.3. The molecule has 3 atom stereocenters. The molecule has 0 rings (SSSR count). The van der Waals surface area contributed by atoms with Crippen molar-refractivity contribution in [3.63, 3.8) is 0 Å². The monoisotopic (exact) mass is 430 g/mol. The molecule has 0 spiro atoms. The van der Waals surface area contributed by atoms with Crippen LogP contribution in [0, 0.1) is 17.8 Å². The van der Waals surface area contributed by atoms with Gasteiger partial charge >= 0.3 is 136 Å². The zero-order valence-corrected chi connectivity index (χ0v) is 15.1. The van der Waals surface area contributed by atoms with E-state index in [2.05, 4.69) is 0 Å². The van der Waals surface area contributed by atoms with Gasteiger partial charge in [0.2, 0.25) is 0 Å². The normalized spacial score (nSPS) is 15.3. The van der Waals surface area contributed by atoms with E-state index < -0.39 is 57.1 Å². The first kappa shape index (κ1) is 21.1. The molecule has 128 valence electrons. The van der Waals surface area contributed by atoms with E-state index in [0.717, 1.165) is 0 Å². The summed E-state index contributed by atoms with van der Waals surface area (Å²) in [5.74, 6) is -5.44. The van der Waals surface area contributed by atoms with Crippen molar-refractivity contribution in [1.82, 2.24) is 0 Å². The van der Waals surface area contributed by atoms with Crippen LogP contribution in [-0.2, 0) is 23.4 Å². The molecule has 0 amide bonds. The van der Waals surface area contributed by atoms with E-state index in [1.165, 1.54) is 20.8 Å². The summed E-state index contributed by atoms with van der Waals surface area (Å²) in [5, 5.41) is 26.3. The van der Waals surface area contributed by atoms with Crippen LogP contribution in [0.15, 0.2) is 0 Å². The third-order valence-corrected chi connectivity index (χ3v) is 5.64. The number of carboxylic acids is 3. The van der Waals surface area contributed by atoms with Crippen LogP contribution in [0.2, 0.25) is 0 Å². The van der Waals surface area contributed by atoms with Gasteiger partial charge in [0.15, 0.2) is 0 Å². The molecular weight excluding hydrogens is 410 g/mol. The van der Waals surface area contributed by atoms with Crippen molar-refractivity contribution in [1.29, 1.82) is 0 Å². The van der Waals surface area contributed by atoms with Gasteiger partial charge in [-0.25, -0.2) is 0 Å². The van der Waals surface area contributed by atoms with Crippen molar-refractivity contribution in [2.45, 2.75) is 20.8 Å². The summed E-state index contributed by atoms with van der Waals surface area (Å²) in [5.41, 5.74) is 0. The Balaban J connectivity index is 4.44.